The van der Waals surface area contributed by atoms with E-state index in [1.807, 2.05) is 13.2 Å². The predicted octanol–water partition coefficient (Wildman–Crippen LogP) is 4.76. The van der Waals surface area contributed by atoms with Gasteiger partial charge in [-0.15, -0.1) is 0 Å². The van der Waals surface area contributed by atoms with Crippen LogP contribution in [-0.2, 0) is 4.74 Å². The van der Waals surface area contributed by atoms with Gasteiger partial charge in [0, 0.05) is 7.11 Å². The molecule has 1 aromatic carbocycles. The van der Waals surface area contributed by atoms with E-state index in [4.69, 9.17) is 4.74 Å². The second-order valence-corrected chi connectivity index (χ2v) is 10.3. The molecule has 0 aliphatic carbocycles. The zero-order valence-electron chi connectivity index (χ0n) is 12.1. The summed E-state index contributed by atoms with van der Waals surface area (Å²) in [4.78, 5) is 0. The molecule has 100 valence electrons. The maximum atomic E-state index is 5.79. The Kier molecular flexibility index (Phi) is 6.37. The summed E-state index contributed by atoms with van der Waals surface area (Å²) in [6.07, 6.45) is 4.48. The minimum Gasteiger partial charge on any atom is -0.381 e. The van der Waals surface area contributed by atoms with Crippen molar-refractivity contribution in [3.05, 3.63) is 42.0 Å². The highest BCUT2D eigenvalue weighted by Crippen LogP contribution is 2.27. The van der Waals surface area contributed by atoms with Gasteiger partial charge >= 0.3 is 0 Å². The third-order valence-corrected chi connectivity index (χ3v) is 10.1. The van der Waals surface area contributed by atoms with Crippen LogP contribution in [0.2, 0.25) is 18.1 Å². The van der Waals surface area contributed by atoms with Crippen LogP contribution < -0.4 is 0 Å². The Bertz CT molecular complexity index is 346. The van der Waals surface area contributed by atoms with Crippen LogP contribution in [0.4, 0.5) is 0 Å². The first-order valence-corrected chi connectivity index (χ1v) is 9.68. The molecule has 1 unspecified atom stereocenters. The molecule has 0 spiro atoms. The summed E-state index contributed by atoms with van der Waals surface area (Å²) < 4.78 is 5.79. The Morgan fingerprint density at radius 2 is 1.61 bits per heavy atom. The minimum atomic E-state index is -1.31. The second-order valence-electron chi connectivity index (χ2n) is 4.85. The van der Waals surface area contributed by atoms with E-state index in [2.05, 4.69) is 57.2 Å². The lowest BCUT2D eigenvalue weighted by atomic mass is 10.2. The highest BCUT2D eigenvalue weighted by molar-refractivity contribution is 6.81. The molecule has 1 aromatic rings. The monoisotopic (exact) mass is 262 g/mol. The van der Waals surface area contributed by atoms with E-state index >= 15 is 0 Å². The molecule has 0 N–H and O–H groups in total. The molecule has 2 heteroatoms. The summed E-state index contributed by atoms with van der Waals surface area (Å²) in [5.74, 6) is 0. The summed E-state index contributed by atoms with van der Waals surface area (Å²) in [7, 11) is 0.540. The first-order valence-electron chi connectivity index (χ1n) is 6.98. The van der Waals surface area contributed by atoms with Gasteiger partial charge < -0.3 is 4.74 Å². The number of rotatable bonds is 7. The van der Waals surface area contributed by atoms with E-state index in [0.29, 0.717) is 5.73 Å². The Labute approximate surface area is 113 Å². The van der Waals surface area contributed by atoms with Crippen molar-refractivity contribution in [2.75, 3.05) is 7.11 Å². The number of benzene rings is 1. The zero-order valence-corrected chi connectivity index (χ0v) is 13.1. The van der Waals surface area contributed by atoms with Gasteiger partial charge in [0.25, 0.3) is 0 Å². The van der Waals surface area contributed by atoms with Crippen LogP contribution >= 0.6 is 0 Å². The molecule has 0 aromatic heterocycles. The molecule has 0 aliphatic rings. The Hall–Kier alpha value is -0.863. The molecule has 1 rings (SSSR count). The van der Waals surface area contributed by atoms with Crippen molar-refractivity contribution in [2.45, 2.75) is 44.6 Å². The SMILES string of the molecule is CC[Si](CC)(CC)C(/C=C/c1ccccc1)OC. The zero-order chi connectivity index (χ0) is 13.4. The van der Waals surface area contributed by atoms with Crippen LogP contribution in [0.3, 0.4) is 0 Å². The summed E-state index contributed by atoms with van der Waals surface area (Å²) in [5.41, 5.74) is 1.59. The average molecular weight is 262 g/mol. The number of methoxy groups -OCH3 is 1. The lowest BCUT2D eigenvalue weighted by Crippen LogP contribution is -2.45. The molecule has 0 saturated heterocycles. The first kappa shape index (κ1) is 15.2. The molecule has 1 atom stereocenters. The quantitative estimate of drug-likeness (QED) is 0.644. The summed E-state index contributed by atoms with van der Waals surface area (Å²) in [5, 5.41) is 0. The van der Waals surface area contributed by atoms with E-state index in [9.17, 15) is 0 Å². The van der Waals surface area contributed by atoms with Crippen molar-refractivity contribution in [3.8, 4) is 0 Å². The van der Waals surface area contributed by atoms with Crippen LogP contribution in [0.5, 0.6) is 0 Å². The van der Waals surface area contributed by atoms with Crippen LogP contribution in [0.1, 0.15) is 26.3 Å². The van der Waals surface area contributed by atoms with Gasteiger partial charge in [0.2, 0.25) is 0 Å². The van der Waals surface area contributed by atoms with Crippen molar-refractivity contribution in [1.29, 1.82) is 0 Å². The largest absolute Gasteiger partial charge is 0.381 e. The summed E-state index contributed by atoms with van der Waals surface area (Å²) >= 11 is 0. The van der Waals surface area contributed by atoms with Gasteiger partial charge in [0.1, 0.15) is 0 Å². The van der Waals surface area contributed by atoms with Crippen molar-refractivity contribution in [3.63, 3.8) is 0 Å². The van der Waals surface area contributed by atoms with Crippen molar-refractivity contribution >= 4 is 14.1 Å². The molecule has 0 heterocycles. The van der Waals surface area contributed by atoms with Crippen molar-refractivity contribution < 1.29 is 4.74 Å². The van der Waals surface area contributed by atoms with Crippen LogP contribution in [0.25, 0.3) is 6.08 Å². The van der Waals surface area contributed by atoms with Crippen molar-refractivity contribution in [1.82, 2.24) is 0 Å². The first-order chi connectivity index (χ1) is 8.72. The maximum absolute atomic E-state index is 5.79. The molecule has 0 aliphatic heterocycles. The molecule has 0 saturated carbocycles. The van der Waals surface area contributed by atoms with Gasteiger partial charge in [0.05, 0.1) is 13.8 Å². The normalized spacial score (nSPS) is 14.0. The third-order valence-electron chi connectivity index (χ3n) is 4.23. The second kappa shape index (κ2) is 7.55. The highest BCUT2D eigenvalue weighted by Gasteiger charge is 2.35. The van der Waals surface area contributed by atoms with E-state index in [1.54, 1.807) is 0 Å². The molecule has 0 bridgehead atoms. The van der Waals surface area contributed by atoms with Gasteiger partial charge in [-0.1, -0.05) is 81.4 Å². The topological polar surface area (TPSA) is 9.23 Å². The predicted molar refractivity (Wildman–Crippen MR) is 83.5 cm³/mol. The van der Waals surface area contributed by atoms with Gasteiger partial charge in [-0.3, -0.25) is 0 Å². The van der Waals surface area contributed by atoms with Gasteiger partial charge in [-0.2, -0.15) is 0 Å². The molecule has 0 amide bonds. The smallest absolute Gasteiger partial charge is 0.0917 e. The molecular formula is C16H26OSi. The Morgan fingerprint density at radius 1 is 1.06 bits per heavy atom. The highest BCUT2D eigenvalue weighted by atomic mass is 28.3. The number of ether oxygens (including phenoxy) is 1. The summed E-state index contributed by atoms with van der Waals surface area (Å²) in [6, 6.07) is 14.3. The fourth-order valence-electron chi connectivity index (χ4n) is 2.65. The van der Waals surface area contributed by atoms with Gasteiger partial charge in [-0.05, 0) is 5.56 Å². The third kappa shape index (κ3) is 3.56. The van der Waals surface area contributed by atoms with E-state index in [-0.39, 0.29) is 0 Å². The molecule has 0 fully saturated rings. The number of hydrogen-bond acceptors (Lipinski definition) is 1. The molecular weight excluding hydrogens is 236 g/mol. The molecule has 0 radical (unpaired) electrons. The van der Waals surface area contributed by atoms with E-state index in [1.165, 1.54) is 23.7 Å². The summed E-state index contributed by atoms with van der Waals surface area (Å²) in [6.45, 7) is 6.96. The van der Waals surface area contributed by atoms with Gasteiger partial charge in [0.15, 0.2) is 0 Å². The van der Waals surface area contributed by atoms with Gasteiger partial charge in [-0.25, -0.2) is 0 Å². The van der Waals surface area contributed by atoms with Crippen LogP contribution in [-0.4, -0.2) is 20.9 Å². The Morgan fingerprint density at radius 3 is 2.06 bits per heavy atom. The Balaban J connectivity index is 2.87. The van der Waals surface area contributed by atoms with E-state index < -0.39 is 8.07 Å². The molecule has 1 nitrogen and oxygen atoms in total. The lowest BCUT2D eigenvalue weighted by Gasteiger charge is -2.34. The fraction of sp³-hybridized carbons (Fsp3) is 0.500. The number of hydrogen-bond donors (Lipinski definition) is 0. The van der Waals surface area contributed by atoms with Crippen molar-refractivity contribution in [2.24, 2.45) is 0 Å². The maximum Gasteiger partial charge on any atom is 0.0917 e. The minimum absolute atomic E-state index is 0.331. The molecule has 18 heavy (non-hydrogen) atoms. The average Bonchev–Trinajstić information content (AvgIpc) is 2.45. The lowest BCUT2D eigenvalue weighted by molar-refractivity contribution is 0.191. The van der Waals surface area contributed by atoms with Crippen LogP contribution in [0, 0.1) is 0 Å². The van der Waals surface area contributed by atoms with Crippen LogP contribution in [0.15, 0.2) is 36.4 Å². The van der Waals surface area contributed by atoms with E-state index in [0.717, 1.165) is 0 Å². The standard InChI is InChI=1S/C16H26OSi/c1-5-18(6-2,7-3)16(17-4)14-13-15-11-9-8-10-12-15/h8-14,16H,5-7H2,1-4H3/b14-13+. The fourth-order valence-corrected chi connectivity index (χ4v) is 6.36.